The molecule has 0 saturated carbocycles. The zero-order chi connectivity index (χ0) is 9.26. The van der Waals surface area contributed by atoms with Crippen LogP contribution < -0.4 is 4.90 Å². The molecular formula is C10H11ClFN. The van der Waals surface area contributed by atoms with E-state index in [9.17, 15) is 4.39 Å². The second-order valence-corrected chi connectivity index (χ2v) is 3.70. The van der Waals surface area contributed by atoms with Crippen LogP contribution in [0, 0.1) is 5.82 Å². The summed E-state index contributed by atoms with van der Waals surface area (Å²) in [5.74, 6) is -0.216. The summed E-state index contributed by atoms with van der Waals surface area (Å²) in [4.78, 5) is 2.13. The lowest BCUT2D eigenvalue weighted by Gasteiger charge is -2.18. The minimum Gasteiger partial charge on any atom is -0.370 e. The van der Waals surface area contributed by atoms with Crippen LogP contribution in [0.15, 0.2) is 18.2 Å². The van der Waals surface area contributed by atoms with Gasteiger partial charge < -0.3 is 4.90 Å². The van der Waals surface area contributed by atoms with Gasteiger partial charge in [-0.05, 0) is 31.0 Å². The molecule has 1 aromatic carbocycles. The number of nitrogens with zero attached hydrogens (tertiary/aromatic N) is 1. The highest BCUT2D eigenvalue weighted by atomic mass is 35.5. The summed E-state index contributed by atoms with van der Waals surface area (Å²) < 4.78 is 12.9. The molecule has 1 saturated heterocycles. The molecule has 1 fully saturated rings. The molecule has 0 unspecified atom stereocenters. The minimum atomic E-state index is -0.216. The molecule has 2 rings (SSSR count). The van der Waals surface area contributed by atoms with Gasteiger partial charge in [0, 0.05) is 13.1 Å². The third-order valence-corrected chi connectivity index (χ3v) is 2.67. The third kappa shape index (κ3) is 1.78. The molecule has 0 spiro atoms. The maximum absolute atomic E-state index is 12.9. The van der Waals surface area contributed by atoms with Crippen molar-refractivity contribution in [1.29, 1.82) is 0 Å². The molecule has 1 aliphatic rings. The van der Waals surface area contributed by atoms with E-state index < -0.39 is 0 Å². The van der Waals surface area contributed by atoms with E-state index in [2.05, 4.69) is 4.90 Å². The topological polar surface area (TPSA) is 3.24 Å². The van der Waals surface area contributed by atoms with E-state index in [4.69, 9.17) is 11.6 Å². The van der Waals surface area contributed by atoms with Gasteiger partial charge in [0.05, 0.1) is 10.7 Å². The summed E-state index contributed by atoms with van der Waals surface area (Å²) in [6.45, 7) is 1.98. The van der Waals surface area contributed by atoms with Crippen LogP contribution in [0.2, 0.25) is 5.02 Å². The second kappa shape index (κ2) is 3.54. The van der Waals surface area contributed by atoms with Crippen LogP contribution in [-0.2, 0) is 0 Å². The van der Waals surface area contributed by atoms with Crippen molar-refractivity contribution in [1.82, 2.24) is 0 Å². The van der Waals surface area contributed by atoms with Crippen LogP contribution in [0.1, 0.15) is 12.8 Å². The quantitative estimate of drug-likeness (QED) is 0.672. The highest BCUT2D eigenvalue weighted by molar-refractivity contribution is 6.33. The number of rotatable bonds is 1. The molecule has 0 amide bonds. The standard InChI is InChI=1S/C10H11ClFN/c11-9-4-3-8(12)7-10(9)13-5-1-2-6-13/h3-4,7H,1-2,5-6H2. The van der Waals surface area contributed by atoms with Gasteiger partial charge >= 0.3 is 0 Å². The van der Waals surface area contributed by atoms with Crippen molar-refractivity contribution in [3.63, 3.8) is 0 Å². The highest BCUT2D eigenvalue weighted by Crippen LogP contribution is 2.29. The molecule has 70 valence electrons. The molecule has 1 aliphatic heterocycles. The number of hydrogen-bond donors (Lipinski definition) is 0. The van der Waals surface area contributed by atoms with Crippen molar-refractivity contribution in [2.24, 2.45) is 0 Å². The molecule has 0 radical (unpaired) electrons. The van der Waals surface area contributed by atoms with E-state index in [0.29, 0.717) is 5.02 Å². The molecular weight excluding hydrogens is 189 g/mol. The van der Waals surface area contributed by atoms with Gasteiger partial charge in [0.25, 0.3) is 0 Å². The lowest BCUT2D eigenvalue weighted by atomic mass is 10.3. The Balaban J connectivity index is 2.32. The van der Waals surface area contributed by atoms with Crippen LogP contribution >= 0.6 is 11.6 Å². The van der Waals surface area contributed by atoms with Crippen molar-refractivity contribution in [3.8, 4) is 0 Å². The Morgan fingerprint density at radius 3 is 2.62 bits per heavy atom. The van der Waals surface area contributed by atoms with Crippen LogP contribution in [0.4, 0.5) is 10.1 Å². The van der Waals surface area contributed by atoms with Gasteiger partial charge in [-0.25, -0.2) is 4.39 Å². The first-order valence-electron chi connectivity index (χ1n) is 4.47. The summed E-state index contributed by atoms with van der Waals surface area (Å²) in [6, 6.07) is 4.51. The lowest BCUT2D eigenvalue weighted by molar-refractivity contribution is 0.627. The molecule has 3 heteroatoms. The van der Waals surface area contributed by atoms with Gasteiger partial charge in [0.15, 0.2) is 0 Å². The molecule has 0 atom stereocenters. The first-order chi connectivity index (χ1) is 6.27. The summed E-state index contributed by atoms with van der Waals surface area (Å²) >= 11 is 5.97. The van der Waals surface area contributed by atoms with Crippen LogP contribution in [0.25, 0.3) is 0 Å². The van der Waals surface area contributed by atoms with E-state index in [1.165, 1.54) is 25.0 Å². The van der Waals surface area contributed by atoms with E-state index in [1.807, 2.05) is 0 Å². The predicted molar refractivity (Wildman–Crippen MR) is 52.9 cm³/mol. The number of hydrogen-bond acceptors (Lipinski definition) is 1. The van der Waals surface area contributed by atoms with Gasteiger partial charge in [-0.3, -0.25) is 0 Å². The normalized spacial score (nSPS) is 16.6. The molecule has 0 bridgehead atoms. The molecule has 1 aromatic rings. The molecule has 0 N–H and O–H groups in total. The van der Waals surface area contributed by atoms with Crippen molar-refractivity contribution in [2.75, 3.05) is 18.0 Å². The lowest BCUT2D eigenvalue weighted by Crippen LogP contribution is -2.18. The van der Waals surface area contributed by atoms with E-state index >= 15 is 0 Å². The van der Waals surface area contributed by atoms with Crippen LogP contribution in [-0.4, -0.2) is 13.1 Å². The number of benzene rings is 1. The first-order valence-corrected chi connectivity index (χ1v) is 4.85. The smallest absolute Gasteiger partial charge is 0.125 e. The van der Waals surface area contributed by atoms with Gasteiger partial charge in [-0.15, -0.1) is 0 Å². The Hall–Kier alpha value is -0.760. The van der Waals surface area contributed by atoms with Crippen molar-refractivity contribution in [2.45, 2.75) is 12.8 Å². The predicted octanol–water partition coefficient (Wildman–Crippen LogP) is 3.08. The Kier molecular flexibility index (Phi) is 2.40. The SMILES string of the molecule is Fc1ccc(Cl)c(N2CCCC2)c1. The van der Waals surface area contributed by atoms with E-state index in [1.54, 1.807) is 6.07 Å². The molecule has 13 heavy (non-hydrogen) atoms. The third-order valence-electron chi connectivity index (χ3n) is 2.35. The zero-order valence-corrected chi connectivity index (χ0v) is 8.02. The second-order valence-electron chi connectivity index (χ2n) is 3.29. The number of anilines is 1. The zero-order valence-electron chi connectivity index (χ0n) is 7.26. The van der Waals surface area contributed by atoms with E-state index in [-0.39, 0.29) is 5.82 Å². The fourth-order valence-electron chi connectivity index (χ4n) is 1.69. The largest absolute Gasteiger partial charge is 0.370 e. The fourth-order valence-corrected chi connectivity index (χ4v) is 1.92. The fraction of sp³-hybridized carbons (Fsp3) is 0.400. The Labute approximate surface area is 82.1 Å². The van der Waals surface area contributed by atoms with Gasteiger partial charge in [0.1, 0.15) is 5.82 Å². The number of halogens is 2. The van der Waals surface area contributed by atoms with Gasteiger partial charge in [-0.1, -0.05) is 11.6 Å². The first kappa shape index (κ1) is 8.82. The average molecular weight is 200 g/mol. The summed E-state index contributed by atoms with van der Waals surface area (Å²) in [6.07, 6.45) is 2.35. The summed E-state index contributed by atoms with van der Waals surface area (Å²) in [5, 5.41) is 0.642. The minimum absolute atomic E-state index is 0.216. The Bertz CT molecular complexity index is 308. The van der Waals surface area contributed by atoms with Crippen molar-refractivity contribution >= 4 is 17.3 Å². The van der Waals surface area contributed by atoms with Crippen LogP contribution in [0.5, 0.6) is 0 Å². The Morgan fingerprint density at radius 2 is 1.92 bits per heavy atom. The monoisotopic (exact) mass is 199 g/mol. The molecule has 1 heterocycles. The van der Waals surface area contributed by atoms with Gasteiger partial charge in [0.2, 0.25) is 0 Å². The summed E-state index contributed by atoms with van der Waals surface area (Å²) in [7, 11) is 0. The van der Waals surface area contributed by atoms with Gasteiger partial charge in [-0.2, -0.15) is 0 Å². The van der Waals surface area contributed by atoms with Crippen LogP contribution in [0.3, 0.4) is 0 Å². The molecule has 0 aliphatic carbocycles. The highest BCUT2D eigenvalue weighted by Gasteiger charge is 2.15. The Morgan fingerprint density at radius 1 is 1.23 bits per heavy atom. The molecule has 0 aromatic heterocycles. The van der Waals surface area contributed by atoms with E-state index in [0.717, 1.165) is 18.8 Å². The maximum Gasteiger partial charge on any atom is 0.125 e. The van der Waals surface area contributed by atoms with Crippen molar-refractivity contribution in [3.05, 3.63) is 29.0 Å². The molecule has 1 nitrogen and oxygen atoms in total. The maximum atomic E-state index is 12.9. The summed E-state index contributed by atoms with van der Waals surface area (Å²) in [5.41, 5.74) is 0.833. The average Bonchev–Trinajstić information content (AvgIpc) is 2.61. The van der Waals surface area contributed by atoms with Crippen molar-refractivity contribution < 1.29 is 4.39 Å².